The van der Waals surface area contributed by atoms with Gasteiger partial charge in [0.25, 0.3) is 5.91 Å². The number of methoxy groups -OCH3 is 2. The molecule has 3 heterocycles. The SMILES string of the molecule is COc1ccc(-c2nc(C)c(C(=O)N3CCC(N4CCCCCC4)CC3)s2)c(O)c1OC. The first kappa shape index (κ1) is 22.9. The normalized spacial score (nSPS) is 18.4. The molecule has 1 aromatic heterocycles. The average molecular weight is 460 g/mol. The third kappa shape index (κ3) is 4.57. The number of benzene rings is 1. The topological polar surface area (TPSA) is 75.1 Å². The molecule has 2 aromatic rings. The van der Waals surface area contributed by atoms with E-state index in [-0.39, 0.29) is 17.4 Å². The van der Waals surface area contributed by atoms with Crippen LogP contribution in [-0.2, 0) is 0 Å². The maximum Gasteiger partial charge on any atom is 0.265 e. The highest BCUT2D eigenvalue weighted by molar-refractivity contribution is 7.17. The molecule has 1 N–H and O–H groups in total. The molecule has 32 heavy (non-hydrogen) atoms. The Hall–Kier alpha value is -2.32. The van der Waals surface area contributed by atoms with Gasteiger partial charge in [0, 0.05) is 19.1 Å². The number of carbonyl (C=O) groups is 1. The van der Waals surface area contributed by atoms with Crippen molar-refractivity contribution in [3.05, 3.63) is 22.7 Å². The van der Waals surface area contributed by atoms with Gasteiger partial charge in [-0.1, -0.05) is 12.8 Å². The summed E-state index contributed by atoms with van der Waals surface area (Å²) in [5.74, 6) is 0.727. The quantitative estimate of drug-likeness (QED) is 0.718. The van der Waals surface area contributed by atoms with Gasteiger partial charge in [-0.25, -0.2) is 4.98 Å². The summed E-state index contributed by atoms with van der Waals surface area (Å²) in [5.41, 5.74) is 1.23. The van der Waals surface area contributed by atoms with E-state index in [9.17, 15) is 9.90 Å². The summed E-state index contributed by atoms with van der Waals surface area (Å²) in [6.07, 6.45) is 7.35. The molecule has 0 aliphatic carbocycles. The molecule has 4 rings (SSSR count). The lowest BCUT2D eigenvalue weighted by Gasteiger charge is -2.38. The fourth-order valence-corrected chi connectivity index (χ4v) is 5.89. The van der Waals surface area contributed by atoms with Gasteiger partial charge >= 0.3 is 0 Å². The van der Waals surface area contributed by atoms with Gasteiger partial charge in [0.1, 0.15) is 9.88 Å². The standard InChI is InChI=1S/C24H33N3O4S/c1-16-22(32-23(25-16)18-8-9-19(30-2)21(31-3)20(18)28)24(29)27-14-10-17(11-15-27)26-12-6-4-5-7-13-26/h8-9,17,28H,4-7,10-15H2,1-3H3. The Labute approximate surface area is 194 Å². The van der Waals surface area contributed by atoms with Gasteiger partial charge in [-0.05, 0) is 57.8 Å². The minimum Gasteiger partial charge on any atom is -0.504 e. The molecule has 0 unspecified atom stereocenters. The van der Waals surface area contributed by atoms with Gasteiger partial charge in [-0.3, -0.25) is 4.79 Å². The van der Waals surface area contributed by atoms with Crippen molar-refractivity contribution in [2.45, 2.75) is 51.5 Å². The predicted molar refractivity (Wildman–Crippen MR) is 126 cm³/mol. The van der Waals surface area contributed by atoms with Crippen LogP contribution in [0.1, 0.15) is 53.9 Å². The van der Waals surface area contributed by atoms with E-state index in [1.165, 1.54) is 64.3 Å². The molecule has 7 nitrogen and oxygen atoms in total. The number of amides is 1. The molecule has 0 saturated carbocycles. The highest BCUT2D eigenvalue weighted by Gasteiger charge is 2.30. The number of phenolic OH excluding ortho intramolecular Hbond substituents is 1. The van der Waals surface area contributed by atoms with Crippen LogP contribution in [0.3, 0.4) is 0 Å². The van der Waals surface area contributed by atoms with Crippen molar-refractivity contribution in [3.63, 3.8) is 0 Å². The largest absolute Gasteiger partial charge is 0.504 e. The lowest BCUT2D eigenvalue weighted by atomic mass is 10.0. The fraction of sp³-hybridized carbons (Fsp3) is 0.583. The van der Waals surface area contributed by atoms with Gasteiger partial charge in [-0.2, -0.15) is 0 Å². The molecule has 2 aliphatic rings. The summed E-state index contributed by atoms with van der Waals surface area (Å²) in [6.45, 7) is 5.83. The van der Waals surface area contributed by atoms with E-state index in [2.05, 4.69) is 9.88 Å². The Morgan fingerprint density at radius 1 is 1.06 bits per heavy atom. The van der Waals surface area contributed by atoms with Gasteiger partial charge in [-0.15, -0.1) is 11.3 Å². The van der Waals surface area contributed by atoms with Crippen molar-refractivity contribution < 1.29 is 19.4 Å². The number of likely N-dealkylation sites (tertiary alicyclic amines) is 2. The molecular formula is C24H33N3O4S. The lowest BCUT2D eigenvalue weighted by Crippen LogP contribution is -2.47. The molecule has 0 radical (unpaired) electrons. The highest BCUT2D eigenvalue weighted by Crippen LogP contribution is 2.44. The Balaban J connectivity index is 1.47. The van der Waals surface area contributed by atoms with Crippen molar-refractivity contribution in [2.75, 3.05) is 40.4 Å². The van der Waals surface area contributed by atoms with E-state index in [1.807, 2.05) is 11.8 Å². The smallest absolute Gasteiger partial charge is 0.265 e. The summed E-state index contributed by atoms with van der Waals surface area (Å²) < 4.78 is 10.5. The Kier molecular flexibility index (Phi) is 7.20. The monoisotopic (exact) mass is 459 g/mol. The van der Waals surface area contributed by atoms with Gasteiger partial charge in [0.15, 0.2) is 11.5 Å². The Morgan fingerprint density at radius 3 is 2.38 bits per heavy atom. The number of hydrogen-bond acceptors (Lipinski definition) is 7. The zero-order valence-electron chi connectivity index (χ0n) is 19.2. The number of aryl methyl sites for hydroxylation is 1. The van der Waals surface area contributed by atoms with E-state index in [0.717, 1.165) is 25.9 Å². The van der Waals surface area contributed by atoms with Crippen LogP contribution in [0.15, 0.2) is 12.1 Å². The van der Waals surface area contributed by atoms with Crippen molar-refractivity contribution in [1.82, 2.24) is 14.8 Å². The lowest BCUT2D eigenvalue weighted by molar-refractivity contribution is 0.0626. The minimum absolute atomic E-state index is 0.0298. The first-order valence-corrected chi connectivity index (χ1v) is 12.3. The number of aromatic hydroxyl groups is 1. The van der Waals surface area contributed by atoms with Gasteiger partial charge < -0.3 is 24.4 Å². The van der Waals surface area contributed by atoms with E-state index in [4.69, 9.17) is 9.47 Å². The molecule has 2 saturated heterocycles. The van der Waals surface area contributed by atoms with E-state index < -0.39 is 0 Å². The third-order valence-electron chi connectivity index (χ3n) is 6.65. The van der Waals surface area contributed by atoms with Crippen molar-refractivity contribution >= 4 is 17.2 Å². The molecule has 0 spiro atoms. The fourth-order valence-electron chi connectivity index (χ4n) is 4.83. The van der Waals surface area contributed by atoms with Crippen molar-refractivity contribution in [3.8, 4) is 27.8 Å². The second-order valence-corrected chi connectivity index (χ2v) is 9.60. The first-order valence-electron chi connectivity index (χ1n) is 11.5. The molecular weight excluding hydrogens is 426 g/mol. The molecule has 2 aliphatic heterocycles. The van der Waals surface area contributed by atoms with Crippen LogP contribution in [0.25, 0.3) is 10.6 Å². The predicted octanol–water partition coefficient (Wildman–Crippen LogP) is 4.32. The molecule has 1 aromatic carbocycles. The first-order chi connectivity index (χ1) is 15.5. The van der Waals surface area contributed by atoms with Crippen LogP contribution in [0.2, 0.25) is 0 Å². The molecule has 0 atom stereocenters. The second kappa shape index (κ2) is 10.1. The van der Waals surface area contributed by atoms with Gasteiger partial charge in [0.2, 0.25) is 5.75 Å². The summed E-state index contributed by atoms with van der Waals surface area (Å²) in [4.78, 5) is 23.1. The number of hydrogen-bond donors (Lipinski definition) is 1. The summed E-state index contributed by atoms with van der Waals surface area (Å²) >= 11 is 1.32. The van der Waals surface area contributed by atoms with E-state index in [0.29, 0.717) is 32.9 Å². The number of aromatic nitrogens is 1. The van der Waals surface area contributed by atoms with Crippen molar-refractivity contribution in [1.29, 1.82) is 0 Å². The number of ether oxygens (including phenoxy) is 2. The van der Waals surface area contributed by atoms with Crippen LogP contribution in [0.4, 0.5) is 0 Å². The van der Waals surface area contributed by atoms with Crippen LogP contribution >= 0.6 is 11.3 Å². The zero-order valence-corrected chi connectivity index (χ0v) is 20.0. The number of piperidine rings is 1. The number of carbonyl (C=O) groups excluding carboxylic acids is 1. The van der Waals surface area contributed by atoms with E-state index in [1.54, 1.807) is 12.1 Å². The second-order valence-electron chi connectivity index (χ2n) is 8.60. The summed E-state index contributed by atoms with van der Waals surface area (Å²) in [6, 6.07) is 4.08. The molecule has 174 valence electrons. The zero-order chi connectivity index (χ0) is 22.7. The maximum atomic E-state index is 13.3. The molecule has 0 bridgehead atoms. The number of rotatable bonds is 5. The van der Waals surface area contributed by atoms with E-state index >= 15 is 0 Å². The summed E-state index contributed by atoms with van der Waals surface area (Å²) in [5, 5.41) is 11.3. The third-order valence-corrected chi connectivity index (χ3v) is 7.83. The van der Waals surface area contributed by atoms with Crippen LogP contribution in [0.5, 0.6) is 17.2 Å². The highest BCUT2D eigenvalue weighted by atomic mass is 32.1. The number of nitrogens with zero attached hydrogens (tertiary/aromatic N) is 3. The maximum absolute atomic E-state index is 13.3. The van der Waals surface area contributed by atoms with Crippen LogP contribution < -0.4 is 9.47 Å². The Morgan fingerprint density at radius 2 is 1.75 bits per heavy atom. The number of thiazole rings is 1. The average Bonchev–Trinajstić information content (AvgIpc) is 3.01. The minimum atomic E-state index is -0.0298. The van der Waals surface area contributed by atoms with Crippen molar-refractivity contribution in [2.24, 2.45) is 0 Å². The molecule has 1 amide bonds. The van der Waals surface area contributed by atoms with Crippen LogP contribution in [0, 0.1) is 6.92 Å². The van der Waals surface area contributed by atoms with Crippen LogP contribution in [-0.4, -0.2) is 72.2 Å². The molecule has 8 heteroatoms. The number of phenols is 1. The Bertz CT molecular complexity index is 945. The van der Waals surface area contributed by atoms with Gasteiger partial charge in [0.05, 0.1) is 25.5 Å². The summed E-state index contributed by atoms with van der Waals surface area (Å²) in [7, 11) is 3.01. The molecule has 2 fully saturated rings.